The van der Waals surface area contributed by atoms with E-state index in [2.05, 4.69) is 4.98 Å². The second kappa shape index (κ2) is 9.49. The molecule has 180 valence electrons. The van der Waals surface area contributed by atoms with Gasteiger partial charge in [0.15, 0.2) is 5.13 Å². The van der Waals surface area contributed by atoms with E-state index in [1.165, 1.54) is 15.6 Å². The minimum atomic E-state index is -3.82. The van der Waals surface area contributed by atoms with Crippen molar-refractivity contribution >= 4 is 42.6 Å². The van der Waals surface area contributed by atoms with Crippen LogP contribution in [0.1, 0.15) is 29.7 Å². The SMILES string of the molecule is Cc1ccc(S(=O)(=O)N2CCCC2C(=O)N(Cc2ccccn2)c2nc3ccc(C)cc3s2)cc1. The molecule has 0 saturated carbocycles. The number of nitrogens with zero attached hydrogens (tertiary/aromatic N) is 4. The predicted molar refractivity (Wildman–Crippen MR) is 138 cm³/mol. The minimum Gasteiger partial charge on any atom is -0.281 e. The molecular weight excluding hydrogens is 480 g/mol. The Morgan fingerprint density at radius 1 is 1.09 bits per heavy atom. The fourth-order valence-corrected chi connectivity index (χ4v) is 7.05. The molecule has 4 aromatic rings. The molecule has 9 heteroatoms. The number of benzene rings is 2. The van der Waals surface area contributed by atoms with Crippen molar-refractivity contribution in [3.63, 3.8) is 0 Å². The Hall–Kier alpha value is -3.14. The number of carbonyl (C=O) groups is 1. The number of anilines is 1. The third-order valence-corrected chi connectivity index (χ3v) is 9.16. The highest BCUT2D eigenvalue weighted by Crippen LogP contribution is 2.34. The van der Waals surface area contributed by atoms with E-state index < -0.39 is 16.1 Å². The molecule has 1 unspecified atom stereocenters. The third kappa shape index (κ3) is 4.71. The lowest BCUT2D eigenvalue weighted by atomic mass is 10.2. The molecule has 0 aliphatic carbocycles. The lowest BCUT2D eigenvalue weighted by molar-refractivity contribution is -0.121. The van der Waals surface area contributed by atoms with Crippen molar-refractivity contribution < 1.29 is 13.2 Å². The van der Waals surface area contributed by atoms with Gasteiger partial charge in [0.2, 0.25) is 15.9 Å². The largest absolute Gasteiger partial charge is 0.281 e. The molecule has 0 N–H and O–H groups in total. The van der Waals surface area contributed by atoms with Crippen LogP contribution in [0, 0.1) is 13.8 Å². The molecule has 0 radical (unpaired) electrons. The number of rotatable bonds is 6. The summed E-state index contributed by atoms with van der Waals surface area (Å²) in [5, 5.41) is 0.542. The van der Waals surface area contributed by atoms with Crippen LogP contribution in [0.15, 0.2) is 71.8 Å². The van der Waals surface area contributed by atoms with Crippen molar-refractivity contribution in [1.29, 1.82) is 0 Å². The minimum absolute atomic E-state index is 0.203. The number of carbonyl (C=O) groups excluding carboxylic acids is 1. The fourth-order valence-electron chi connectivity index (χ4n) is 4.33. The molecular formula is C26H26N4O3S2. The predicted octanol–water partition coefficient (Wildman–Crippen LogP) is 4.69. The van der Waals surface area contributed by atoms with Crippen molar-refractivity contribution in [3.05, 3.63) is 83.7 Å². The number of aromatic nitrogens is 2. The van der Waals surface area contributed by atoms with Crippen molar-refractivity contribution in [2.45, 2.75) is 44.2 Å². The van der Waals surface area contributed by atoms with Gasteiger partial charge in [0.05, 0.1) is 27.4 Å². The summed E-state index contributed by atoms with van der Waals surface area (Å²) in [4.78, 5) is 24.9. The standard InChI is InChI=1S/C26H26N4O3S2/c1-18-8-11-21(12-9-18)35(32,33)30-15-5-7-23(30)25(31)29(17-20-6-3-4-14-27-20)26-28-22-13-10-19(2)16-24(22)34-26/h3-4,6,8-14,16,23H,5,7,15,17H2,1-2H3. The fraction of sp³-hybridized carbons (Fsp3) is 0.269. The van der Waals surface area contributed by atoms with Crippen LogP contribution in [0.25, 0.3) is 10.2 Å². The number of sulfonamides is 1. The highest BCUT2D eigenvalue weighted by Gasteiger charge is 2.42. The Morgan fingerprint density at radius 3 is 2.60 bits per heavy atom. The maximum Gasteiger partial charge on any atom is 0.247 e. The summed E-state index contributed by atoms with van der Waals surface area (Å²) in [6.45, 7) is 4.45. The average Bonchev–Trinajstić information content (AvgIpc) is 3.50. The van der Waals surface area contributed by atoms with Gasteiger partial charge in [-0.3, -0.25) is 14.7 Å². The maximum absolute atomic E-state index is 14.0. The van der Waals surface area contributed by atoms with E-state index in [0.717, 1.165) is 21.3 Å². The zero-order valence-corrected chi connectivity index (χ0v) is 21.2. The normalized spacial score (nSPS) is 16.6. The number of aryl methyl sites for hydroxylation is 2. The Balaban J connectivity index is 1.52. The summed E-state index contributed by atoms with van der Waals surface area (Å²) in [7, 11) is -3.82. The van der Waals surface area contributed by atoms with Gasteiger partial charge in [-0.25, -0.2) is 13.4 Å². The Morgan fingerprint density at radius 2 is 1.86 bits per heavy atom. The van der Waals surface area contributed by atoms with Gasteiger partial charge in [-0.15, -0.1) is 0 Å². The molecule has 35 heavy (non-hydrogen) atoms. The van der Waals surface area contributed by atoms with E-state index >= 15 is 0 Å². The monoisotopic (exact) mass is 506 g/mol. The van der Waals surface area contributed by atoms with Crippen LogP contribution in [0.5, 0.6) is 0 Å². The topological polar surface area (TPSA) is 83.5 Å². The highest BCUT2D eigenvalue weighted by atomic mass is 32.2. The van der Waals surface area contributed by atoms with Crippen molar-refractivity contribution in [2.75, 3.05) is 11.4 Å². The van der Waals surface area contributed by atoms with Gasteiger partial charge in [-0.1, -0.05) is 41.2 Å². The van der Waals surface area contributed by atoms with Crippen LogP contribution in [0.3, 0.4) is 0 Å². The quantitative estimate of drug-likeness (QED) is 0.379. The van der Waals surface area contributed by atoms with E-state index in [1.807, 2.05) is 50.2 Å². The lowest BCUT2D eigenvalue weighted by Crippen LogP contribution is -2.47. The van der Waals surface area contributed by atoms with Crippen LogP contribution in [-0.4, -0.2) is 41.2 Å². The first-order chi connectivity index (χ1) is 16.8. The number of hydrogen-bond donors (Lipinski definition) is 0. The third-order valence-electron chi connectivity index (χ3n) is 6.19. The van der Waals surface area contributed by atoms with Gasteiger partial charge in [0.25, 0.3) is 0 Å². The lowest BCUT2D eigenvalue weighted by Gasteiger charge is -2.28. The summed E-state index contributed by atoms with van der Waals surface area (Å²) in [6, 6.07) is 17.5. The summed E-state index contributed by atoms with van der Waals surface area (Å²) in [5.41, 5.74) is 3.61. The first-order valence-electron chi connectivity index (χ1n) is 11.5. The molecule has 0 spiro atoms. The second-order valence-electron chi connectivity index (χ2n) is 8.80. The molecule has 1 atom stereocenters. The molecule has 1 amide bonds. The van der Waals surface area contributed by atoms with Crippen LogP contribution < -0.4 is 4.90 Å². The summed E-state index contributed by atoms with van der Waals surface area (Å²) < 4.78 is 29.3. The smallest absolute Gasteiger partial charge is 0.247 e. The van der Waals surface area contributed by atoms with Gasteiger partial charge in [-0.2, -0.15) is 4.31 Å². The summed E-state index contributed by atoms with van der Waals surface area (Å²) >= 11 is 1.43. The average molecular weight is 507 g/mol. The number of amides is 1. The number of fused-ring (bicyclic) bond motifs is 1. The van der Waals surface area contributed by atoms with Crippen molar-refractivity contribution in [3.8, 4) is 0 Å². The second-order valence-corrected chi connectivity index (χ2v) is 11.7. The van der Waals surface area contributed by atoms with Crippen LogP contribution in [-0.2, 0) is 21.4 Å². The van der Waals surface area contributed by atoms with Crippen molar-refractivity contribution in [2.24, 2.45) is 0 Å². The number of hydrogen-bond acceptors (Lipinski definition) is 6. The van der Waals surface area contributed by atoms with Crippen LogP contribution >= 0.6 is 11.3 Å². The molecule has 2 aromatic carbocycles. The Kier molecular flexibility index (Phi) is 6.39. The number of pyridine rings is 1. The molecule has 5 rings (SSSR count). The Bertz CT molecular complexity index is 1470. The van der Waals surface area contributed by atoms with E-state index in [1.54, 1.807) is 35.4 Å². The van der Waals surface area contributed by atoms with Gasteiger partial charge in [-0.05, 0) is 68.7 Å². The van der Waals surface area contributed by atoms with Crippen LogP contribution in [0.4, 0.5) is 5.13 Å². The molecule has 7 nitrogen and oxygen atoms in total. The molecule has 1 aliphatic rings. The highest BCUT2D eigenvalue weighted by molar-refractivity contribution is 7.89. The van der Waals surface area contributed by atoms with Crippen molar-refractivity contribution in [1.82, 2.24) is 14.3 Å². The van der Waals surface area contributed by atoms with E-state index in [4.69, 9.17) is 4.98 Å². The first kappa shape index (κ1) is 23.6. The molecule has 0 bridgehead atoms. The zero-order valence-electron chi connectivity index (χ0n) is 19.6. The Labute approximate surface area is 209 Å². The number of thiazole rings is 1. The van der Waals surface area contributed by atoms with Gasteiger partial charge in [0.1, 0.15) is 6.04 Å². The maximum atomic E-state index is 14.0. The van der Waals surface area contributed by atoms with Gasteiger partial charge < -0.3 is 0 Å². The summed E-state index contributed by atoms with van der Waals surface area (Å²) in [5.74, 6) is -0.278. The first-order valence-corrected chi connectivity index (χ1v) is 13.8. The van der Waals surface area contributed by atoms with E-state index in [9.17, 15) is 13.2 Å². The molecule has 1 fully saturated rings. The zero-order chi connectivity index (χ0) is 24.6. The molecule has 3 heterocycles. The van der Waals surface area contributed by atoms with E-state index in [0.29, 0.717) is 30.2 Å². The summed E-state index contributed by atoms with van der Waals surface area (Å²) in [6.07, 6.45) is 2.77. The van der Waals surface area contributed by atoms with E-state index in [-0.39, 0.29) is 17.3 Å². The van der Waals surface area contributed by atoms with Gasteiger partial charge in [0, 0.05) is 12.7 Å². The van der Waals surface area contributed by atoms with Gasteiger partial charge >= 0.3 is 0 Å². The van der Waals surface area contributed by atoms with Crippen LogP contribution in [0.2, 0.25) is 0 Å². The molecule has 2 aromatic heterocycles. The molecule has 1 aliphatic heterocycles. The molecule has 1 saturated heterocycles.